The lowest BCUT2D eigenvalue weighted by atomic mass is 10.0. The molecule has 1 aromatic heterocycles. The first-order chi connectivity index (χ1) is 12.6. The predicted octanol–water partition coefficient (Wildman–Crippen LogP) is 2.26. The Bertz CT molecular complexity index is 785. The smallest absolute Gasteiger partial charge is 0.272 e. The topological polar surface area (TPSA) is 78.4 Å². The second-order valence-corrected chi connectivity index (χ2v) is 6.57. The standard InChI is InChI=1S/C19H23N5O2/c1-14(2)15-5-3-4-6-16(15)21-19-20-8-7-17(22-19)18(26)24-11-9-23(13-25)10-12-24/h3-8,13-14H,9-12H2,1-2H3,(H,20,21,22). The van der Waals surface area contributed by atoms with E-state index in [9.17, 15) is 9.59 Å². The molecule has 1 aliphatic heterocycles. The van der Waals surface area contributed by atoms with Crippen molar-refractivity contribution in [2.24, 2.45) is 0 Å². The van der Waals surface area contributed by atoms with Crippen molar-refractivity contribution in [2.45, 2.75) is 19.8 Å². The van der Waals surface area contributed by atoms with Crippen LogP contribution in [0.15, 0.2) is 36.5 Å². The highest BCUT2D eigenvalue weighted by Crippen LogP contribution is 2.25. The minimum atomic E-state index is -0.141. The zero-order valence-corrected chi connectivity index (χ0v) is 15.1. The monoisotopic (exact) mass is 353 g/mol. The number of carbonyl (C=O) groups is 2. The van der Waals surface area contributed by atoms with Gasteiger partial charge in [-0.2, -0.15) is 0 Å². The Morgan fingerprint density at radius 3 is 2.58 bits per heavy atom. The van der Waals surface area contributed by atoms with E-state index in [1.165, 1.54) is 0 Å². The minimum absolute atomic E-state index is 0.141. The van der Waals surface area contributed by atoms with Crippen molar-refractivity contribution >= 4 is 24.0 Å². The Hall–Kier alpha value is -2.96. The molecule has 1 N–H and O–H groups in total. The van der Waals surface area contributed by atoms with Gasteiger partial charge in [-0.25, -0.2) is 9.97 Å². The zero-order chi connectivity index (χ0) is 18.5. The number of nitrogens with zero attached hydrogens (tertiary/aromatic N) is 4. The number of para-hydroxylation sites is 1. The summed E-state index contributed by atoms with van der Waals surface area (Å²) in [6.07, 6.45) is 2.41. The van der Waals surface area contributed by atoms with Gasteiger partial charge in [0.1, 0.15) is 5.69 Å². The average molecular weight is 353 g/mol. The molecule has 0 spiro atoms. The number of hydrogen-bond acceptors (Lipinski definition) is 5. The molecule has 136 valence electrons. The van der Waals surface area contributed by atoms with Crippen molar-refractivity contribution in [3.63, 3.8) is 0 Å². The lowest BCUT2D eigenvalue weighted by Crippen LogP contribution is -2.48. The van der Waals surface area contributed by atoms with Gasteiger partial charge in [0.05, 0.1) is 0 Å². The van der Waals surface area contributed by atoms with Crippen LogP contribution in [-0.2, 0) is 4.79 Å². The summed E-state index contributed by atoms with van der Waals surface area (Å²) in [4.78, 5) is 35.5. The molecule has 0 bridgehead atoms. The van der Waals surface area contributed by atoms with Crippen LogP contribution >= 0.6 is 0 Å². The summed E-state index contributed by atoms with van der Waals surface area (Å²) in [6, 6.07) is 9.62. The molecule has 3 rings (SSSR count). The van der Waals surface area contributed by atoms with E-state index >= 15 is 0 Å². The maximum absolute atomic E-state index is 12.7. The first-order valence-electron chi connectivity index (χ1n) is 8.76. The molecule has 1 saturated heterocycles. The number of amides is 2. The number of carbonyl (C=O) groups excluding carboxylic acids is 2. The van der Waals surface area contributed by atoms with Crippen LogP contribution in [0.4, 0.5) is 11.6 Å². The first-order valence-corrected chi connectivity index (χ1v) is 8.76. The Balaban J connectivity index is 1.75. The lowest BCUT2D eigenvalue weighted by molar-refractivity contribution is -0.119. The van der Waals surface area contributed by atoms with E-state index in [0.29, 0.717) is 43.7 Å². The highest BCUT2D eigenvalue weighted by atomic mass is 16.2. The van der Waals surface area contributed by atoms with Crippen LogP contribution < -0.4 is 5.32 Å². The molecule has 1 aliphatic rings. The Morgan fingerprint density at radius 1 is 1.15 bits per heavy atom. The summed E-state index contributed by atoms with van der Waals surface area (Å²) in [5, 5.41) is 3.22. The average Bonchev–Trinajstić information content (AvgIpc) is 2.68. The molecule has 0 atom stereocenters. The Kier molecular flexibility index (Phi) is 5.46. The van der Waals surface area contributed by atoms with Crippen LogP contribution in [0, 0.1) is 0 Å². The van der Waals surface area contributed by atoms with Gasteiger partial charge >= 0.3 is 0 Å². The summed E-state index contributed by atoms with van der Waals surface area (Å²) >= 11 is 0. The van der Waals surface area contributed by atoms with E-state index in [0.717, 1.165) is 17.7 Å². The maximum Gasteiger partial charge on any atom is 0.272 e. The molecule has 0 unspecified atom stereocenters. The molecule has 0 radical (unpaired) electrons. The largest absolute Gasteiger partial charge is 0.342 e. The van der Waals surface area contributed by atoms with E-state index in [2.05, 4.69) is 35.2 Å². The van der Waals surface area contributed by atoms with Gasteiger partial charge in [0.15, 0.2) is 0 Å². The van der Waals surface area contributed by atoms with Gasteiger partial charge < -0.3 is 15.1 Å². The van der Waals surface area contributed by atoms with Gasteiger partial charge in [0, 0.05) is 38.1 Å². The van der Waals surface area contributed by atoms with Gasteiger partial charge in [-0.05, 0) is 23.6 Å². The van der Waals surface area contributed by atoms with E-state index in [4.69, 9.17) is 0 Å². The maximum atomic E-state index is 12.7. The van der Waals surface area contributed by atoms with E-state index in [1.54, 1.807) is 22.1 Å². The highest BCUT2D eigenvalue weighted by molar-refractivity contribution is 5.92. The van der Waals surface area contributed by atoms with E-state index in [1.807, 2.05) is 18.2 Å². The van der Waals surface area contributed by atoms with Crippen molar-refractivity contribution in [2.75, 3.05) is 31.5 Å². The molecule has 0 aliphatic carbocycles. The summed E-state index contributed by atoms with van der Waals surface area (Å²) in [6.45, 7) is 6.38. The highest BCUT2D eigenvalue weighted by Gasteiger charge is 2.22. The molecule has 7 heteroatoms. The molecule has 7 nitrogen and oxygen atoms in total. The third-order valence-electron chi connectivity index (χ3n) is 4.45. The molecule has 0 saturated carbocycles. The Morgan fingerprint density at radius 2 is 1.88 bits per heavy atom. The number of benzene rings is 1. The first kappa shape index (κ1) is 17.8. The summed E-state index contributed by atoms with van der Waals surface area (Å²) < 4.78 is 0. The molecule has 2 amide bonds. The van der Waals surface area contributed by atoms with Crippen LogP contribution in [-0.4, -0.2) is 58.3 Å². The van der Waals surface area contributed by atoms with Gasteiger partial charge in [-0.3, -0.25) is 9.59 Å². The molecule has 1 fully saturated rings. The fraction of sp³-hybridized carbons (Fsp3) is 0.368. The zero-order valence-electron chi connectivity index (χ0n) is 15.1. The second kappa shape index (κ2) is 7.95. The lowest BCUT2D eigenvalue weighted by Gasteiger charge is -2.32. The summed E-state index contributed by atoms with van der Waals surface area (Å²) in [7, 11) is 0. The van der Waals surface area contributed by atoms with E-state index in [-0.39, 0.29) is 5.91 Å². The minimum Gasteiger partial charge on any atom is -0.342 e. The van der Waals surface area contributed by atoms with Crippen LogP contribution in [0.3, 0.4) is 0 Å². The number of nitrogens with one attached hydrogen (secondary N) is 1. The molecular formula is C19H23N5O2. The van der Waals surface area contributed by atoms with Crippen molar-refractivity contribution in [3.05, 3.63) is 47.8 Å². The molecule has 1 aromatic carbocycles. The molecule has 26 heavy (non-hydrogen) atoms. The van der Waals surface area contributed by atoms with Crippen LogP contribution in [0.5, 0.6) is 0 Å². The fourth-order valence-corrected chi connectivity index (χ4v) is 2.97. The number of aromatic nitrogens is 2. The van der Waals surface area contributed by atoms with Crippen LogP contribution in [0.2, 0.25) is 0 Å². The number of rotatable bonds is 5. The van der Waals surface area contributed by atoms with Gasteiger partial charge in [0.25, 0.3) is 5.91 Å². The van der Waals surface area contributed by atoms with Crippen LogP contribution in [0.1, 0.15) is 35.8 Å². The predicted molar refractivity (Wildman–Crippen MR) is 99.4 cm³/mol. The third kappa shape index (κ3) is 3.99. The van der Waals surface area contributed by atoms with E-state index < -0.39 is 0 Å². The third-order valence-corrected chi connectivity index (χ3v) is 4.45. The Labute approximate surface area is 153 Å². The van der Waals surface area contributed by atoms with Crippen molar-refractivity contribution in [1.82, 2.24) is 19.8 Å². The summed E-state index contributed by atoms with van der Waals surface area (Å²) in [5.74, 6) is 0.617. The quantitative estimate of drug-likeness (QED) is 0.834. The number of piperazine rings is 1. The fourth-order valence-electron chi connectivity index (χ4n) is 2.97. The number of hydrogen-bond donors (Lipinski definition) is 1. The second-order valence-electron chi connectivity index (χ2n) is 6.57. The normalized spacial score (nSPS) is 14.4. The van der Waals surface area contributed by atoms with Crippen molar-refractivity contribution < 1.29 is 9.59 Å². The number of anilines is 2. The van der Waals surface area contributed by atoms with Crippen LogP contribution in [0.25, 0.3) is 0 Å². The van der Waals surface area contributed by atoms with Crippen molar-refractivity contribution in [1.29, 1.82) is 0 Å². The van der Waals surface area contributed by atoms with Crippen molar-refractivity contribution in [3.8, 4) is 0 Å². The van der Waals surface area contributed by atoms with Gasteiger partial charge in [0.2, 0.25) is 12.4 Å². The summed E-state index contributed by atoms with van der Waals surface area (Å²) in [5.41, 5.74) is 2.45. The molecular weight excluding hydrogens is 330 g/mol. The molecule has 2 heterocycles. The van der Waals surface area contributed by atoms with Gasteiger partial charge in [-0.1, -0.05) is 32.0 Å². The molecule has 2 aromatic rings. The SMILES string of the molecule is CC(C)c1ccccc1Nc1nccc(C(=O)N2CCN(C=O)CC2)n1. The van der Waals surface area contributed by atoms with Gasteiger partial charge in [-0.15, -0.1) is 0 Å².